The molecule has 28 heavy (non-hydrogen) atoms. The predicted octanol–water partition coefficient (Wildman–Crippen LogP) is -0.0940. The van der Waals surface area contributed by atoms with Crippen LogP contribution in [0.25, 0.3) is 0 Å². The average molecular weight is 393 g/mol. The van der Waals surface area contributed by atoms with Crippen molar-refractivity contribution in [2.45, 2.75) is 51.1 Å². The van der Waals surface area contributed by atoms with Crippen LogP contribution in [0.15, 0.2) is 24.3 Å². The Hall–Kier alpha value is -2.48. The number of carbonyl (C=O) groups excluding carboxylic acids is 3. The van der Waals surface area contributed by atoms with E-state index in [1.165, 1.54) is 12.1 Å². The number of aryl methyl sites for hydroxylation is 1. The van der Waals surface area contributed by atoms with Crippen molar-refractivity contribution in [1.29, 1.82) is 0 Å². The molecule has 2 rings (SSSR count). The van der Waals surface area contributed by atoms with Crippen molar-refractivity contribution in [1.82, 2.24) is 16.0 Å². The highest BCUT2D eigenvalue weighted by Crippen LogP contribution is 2.44. The summed E-state index contributed by atoms with van der Waals surface area (Å²) in [6, 6.07) is 5.93. The molecule has 0 heterocycles. The lowest BCUT2D eigenvalue weighted by Crippen LogP contribution is -2.58. The summed E-state index contributed by atoms with van der Waals surface area (Å²) in [6.45, 7) is 6.47. The van der Waals surface area contributed by atoms with Crippen molar-refractivity contribution in [2.24, 2.45) is 5.92 Å². The lowest BCUT2D eigenvalue weighted by atomic mass is 10.1. The summed E-state index contributed by atoms with van der Waals surface area (Å²) < 4.78 is 13.0. The van der Waals surface area contributed by atoms with Gasteiger partial charge in [0.1, 0.15) is 11.4 Å². The molecule has 0 bridgehead atoms. The molecule has 1 aromatic carbocycles. The predicted molar refractivity (Wildman–Crippen MR) is 102 cm³/mol. The Morgan fingerprint density at radius 3 is 2.43 bits per heavy atom. The Bertz CT molecular complexity index is 730. The van der Waals surface area contributed by atoms with Crippen molar-refractivity contribution < 1.29 is 24.5 Å². The molecule has 0 spiro atoms. The molecular formula is C20H30FN4O3+. The van der Waals surface area contributed by atoms with E-state index in [9.17, 15) is 18.8 Å². The standard InChI is InChI=1S/C20H29FN4O3/c1-19(2,3)25-17(27)15-12-20(15,18(28)23-11-10-22)24-16(26)9-6-13-4-7-14(21)8-5-13/h4-5,7-8,15H,6,9-12,22H2,1-3H3,(H,23,28)(H,24,26)(H,25,27)/p+1/t15-,20+/m0/s1. The molecule has 3 amide bonds. The molecule has 0 aromatic heterocycles. The number of hydrogen-bond donors (Lipinski definition) is 4. The minimum absolute atomic E-state index is 0.142. The summed E-state index contributed by atoms with van der Waals surface area (Å²) in [7, 11) is 0. The fourth-order valence-corrected chi connectivity index (χ4v) is 3.06. The molecule has 0 aliphatic heterocycles. The van der Waals surface area contributed by atoms with Gasteiger partial charge in [0.15, 0.2) is 0 Å². The van der Waals surface area contributed by atoms with Crippen molar-refractivity contribution >= 4 is 17.7 Å². The molecule has 1 aliphatic rings. The second-order valence-electron chi connectivity index (χ2n) is 8.25. The number of hydrogen-bond acceptors (Lipinski definition) is 3. The summed E-state index contributed by atoms with van der Waals surface area (Å²) >= 11 is 0. The van der Waals surface area contributed by atoms with Crippen molar-refractivity contribution in [2.75, 3.05) is 13.1 Å². The number of quaternary nitrogens is 1. The molecule has 0 saturated heterocycles. The number of nitrogens with one attached hydrogen (secondary N) is 3. The maximum absolute atomic E-state index is 13.0. The first-order chi connectivity index (χ1) is 13.1. The minimum atomic E-state index is -1.22. The molecule has 2 atom stereocenters. The highest BCUT2D eigenvalue weighted by Gasteiger charge is 2.64. The third-order valence-electron chi connectivity index (χ3n) is 4.56. The Kier molecular flexibility index (Phi) is 6.77. The van der Waals surface area contributed by atoms with Gasteiger partial charge in [-0.1, -0.05) is 12.1 Å². The number of benzene rings is 1. The van der Waals surface area contributed by atoms with Gasteiger partial charge >= 0.3 is 0 Å². The third kappa shape index (κ3) is 5.76. The van der Waals surface area contributed by atoms with E-state index in [1.54, 1.807) is 12.1 Å². The van der Waals surface area contributed by atoms with Crippen LogP contribution in [0.4, 0.5) is 4.39 Å². The van der Waals surface area contributed by atoms with Gasteiger partial charge in [-0.3, -0.25) is 14.4 Å². The third-order valence-corrected chi connectivity index (χ3v) is 4.56. The van der Waals surface area contributed by atoms with Gasteiger partial charge in [0.05, 0.1) is 19.0 Å². The zero-order valence-electron chi connectivity index (χ0n) is 16.7. The van der Waals surface area contributed by atoms with Crippen LogP contribution >= 0.6 is 0 Å². The molecule has 1 aromatic rings. The molecule has 154 valence electrons. The Morgan fingerprint density at radius 1 is 1.21 bits per heavy atom. The molecular weight excluding hydrogens is 363 g/mol. The zero-order valence-corrected chi connectivity index (χ0v) is 16.7. The summed E-state index contributed by atoms with van der Waals surface area (Å²) in [4.78, 5) is 37.6. The van der Waals surface area contributed by atoms with E-state index < -0.39 is 17.0 Å². The van der Waals surface area contributed by atoms with Gasteiger partial charge in [-0.2, -0.15) is 0 Å². The van der Waals surface area contributed by atoms with Gasteiger partial charge in [-0.15, -0.1) is 0 Å². The lowest BCUT2D eigenvalue weighted by molar-refractivity contribution is -0.364. The summed E-state index contributed by atoms with van der Waals surface area (Å²) in [5, 5.41) is 8.36. The van der Waals surface area contributed by atoms with E-state index >= 15 is 0 Å². The minimum Gasteiger partial charge on any atom is -0.356 e. The lowest BCUT2D eigenvalue weighted by Gasteiger charge is -2.23. The molecule has 1 aliphatic carbocycles. The first-order valence-electron chi connectivity index (χ1n) is 9.52. The number of rotatable bonds is 8. The van der Waals surface area contributed by atoms with Gasteiger partial charge in [-0.25, -0.2) is 4.39 Å². The molecule has 0 radical (unpaired) electrons. The SMILES string of the molecule is CC(C)(C)NC(=O)[C@@H]1C[C@]1(NC(=O)CCc1ccc(F)cc1)C(=O)NCC[NH3+]. The first kappa shape index (κ1) is 21.8. The summed E-state index contributed by atoms with van der Waals surface area (Å²) in [5.41, 5.74) is 2.86. The van der Waals surface area contributed by atoms with Crippen LogP contribution in [-0.4, -0.2) is 41.9 Å². The van der Waals surface area contributed by atoms with Crippen LogP contribution in [0.3, 0.4) is 0 Å². The number of amides is 3. The fraction of sp³-hybridized carbons (Fsp3) is 0.550. The van der Waals surface area contributed by atoms with Gasteiger partial charge in [0.2, 0.25) is 17.7 Å². The molecule has 1 saturated carbocycles. The van der Waals surface area contributed by atoms with Crippen LogP contribution in [0.1, 0.15) is 39.2 Å². The highest BCUT2D eigenvalue weighted by atomic mass is 19.1. The largest absolute Gasteiger partial charge is 0.356 e. The first-order valence-corrected chi connectivity index (χ1v) is 9.52. The normalized spacial score (nSPS) is 21.0. The van der Waals surface area contributed by atoms with Crippen molar-refractivity contribution in [3.8, 4) is 0 Å². The van der Waals surface area contributed by atoms with Gasteiger partial charge in [0, 0.05) is 12.0 Å². The second-order valence-corrected chi connectivity index (χ2v) is 8.25. The van der Waals surface area contributed by atoms with E-state index in [0.717, 1.165) is 5.56 Å². The highest BCUT2D eigenvalue weighted by molar-refractivity contribution is 6.02. The van der Waals surface area contributed by atoms with E-state index in [-0.39, 0.29) is 36.4 Å². The van der Waals surface area contributed by atoms with Crippen LogP contribution in [-0.2, 0) is 20.8 Å². The molecule has 1 fully saturated rings. The van der Waals surface area contributed by atoms with E-state index in [2.05, 4.69) is 21.7 Å². The van der Waals surface area contributed by atoms with E-state index in [4.69, 9.17) is 0 Å². The van der Waals surface area contributed by atoms with Gasteiger partial charge in [0.25, 0.3) is 0 Å². The topological polar surface area (TPSA) is 115 Å². The van der Waals surface area contributed by atoms with Gasteiger partial charge in [-0.05, 0) is 51.3 Å². The van der Waals surface area contributed by atoms with Crippen molar-refractivity contribution in [3.05, 3.63) is 35.6 Å². The van der Waals surface area contributed by atoms with Crippen LogP contribution in [0.2, 0.25) is 0 Å². The van der Waals surface area contributed by atoms with Crippen molar-refractivity contribution in [3.63, 3.8) is 0 Å². The maximum atomic E-state index is 13.0. The monoisotopic (exact) mass is 393 g/mol. The smallest absolute Gasteiger partial charge is 0.246 e. The van der Waals surface area contributed by atoms with Gasteiger partial charge < -0.3 is 21.7 Å². The quantitative estimate of drug-likeness (QED) is 0.495. The van der Waals surface area contributed by atoms with E-state index in [1.807, 2.05) is 20.8 Å². The second kappa shape index (κ2) is 8.68. The molecule has 8 heteroatoms. The Labute approximate surface area is 164 Å². The van der Waals surface area contributed by atoms with Crippen LogP contribution in [0, 0.1) is 11.7 Å². The Morgan fingerprint density at radius 2 is 1.86 bits per heavy atom. The molecule has 7 nitrogen and oxygen atoms in total. The van der Waals surface area contributed by atoms with Crippen LogP contribution < -0.4 is 21.7 Å². The molecule has 0 unspecified atom stereocenters. The zero-order chi connectivity index (χ0) is 20.9. The maximum Gasteiger partial charge on any atom is 0.246 e. The number of carbonyl (C=O) groups is 3. The number of halogens is 1. The average Bonchev–Trinajstić information content (AvgIpc) is 3.33. The van der Waals surface area contributed by atoms with E-state index in [0.29, 0.717) is 19.5 Å². The Balaban J connectivity index is 2.02. The van der Waals surface area contributed by atoms with Crippen LogP contribution in [0.5, 0.6) is 0 Å². The fourth-order valence-electron chi connectivity index (χ4n) is 3.06. The summed E-state index contributed by atoms with van der Waals surface area (Å²) in [5.74, 6) is -1.87. The molecule has 6 N–H and O–H groups in total. The summed E-state index contributed by atoms with van der Waals surface area (Å²) in [6.07, 6.45) is 0.825.